The van der Waals surface area contributed by atoms with Crippen molar-refractivity contribution in [2.24, 2.45) is 40.4 Å². The van der Waals surface area contributed by atoms with Gasteiger partial charge in [-0.25, -0.2) is 0 Å². The van der Waals surface area contributed by atoms with Gasteiger partial charge in [-0.1, -0.05) is 136 Å². The van der Waals surface area contributed by atoms with Crippen molar-refractivity contribution in [3.63, 3.8) is 0 Å². The van der Waals surface area contributed by atoms with Gasteiger partial charge in [-0.2, -0.15) is 0 Å². The molecule has 6 aliphatic rings. The minimum absolute atomic E-state index is 0.0473. The summed E-state index contributed by atoms with van der Waals surface area (Å²) in [5.74, 6) is 3.40. The lowest BCUT2D eigenvalue weighted by Crippen LogP contribution is -2.42. The highest BCUT2D eigenvalue weighted by molar-refractivity contribution is 9.11. The average Bonchev–Trinajstić information content (AvgIpc) is 3.26. The summed E-state index contributed by atoms with van der Waals surface area (Å²) in [5.41, 5.74) is 0.584. The van der Waals surface area contributed by atoms with E-state index in [1.807, 2.05) is 0 Å². The maximum Gasteiger partial charge on any atom is 0.101 e. The zero-order chi connectivity index (χ0) is 46.9. The fraction of sp³-hybridized carbons (Fsp3) is 1.00. The maximum atomic E-state index is 10.9. The van der Waals surface area contributed by atoms with Gasteiger partial charge in [0.25, 0.3) is 0 Å². The standard InChI is InChI=1S/C51H86Br6O8/c1-50(2,32-7-5-31(6-8-32)21-38(58)26-64-48-44(54)22-36(52)23-45(48)55)33-9-15-41(16-10-33)61-27-39(59)28-62-42-17-11-34(12-18-42)51(3,4)35-13-19-43(20-14-35)63-29-40(60)30-65-49-46(56)24-37(53)25-47(49)57/h31-49,58-60H,5-30H2,1-4H3. The lowest BCUT2D eigenvalue weighted by molar-refractivity contribution is -0.0897. The van der Waals surface area contributed by atoms with Gasteiger partial charge < -0.3 is 39.0 Å². The molecule has 0 spiro atoms. The van der Waals surface area contributed by atoms with E-state index in [9.17, 15) is 15.3 Å². The van der Waals surface area contributed by atoms with Crippen molar-refractivity contribution in [1.29, 1.82) is 0 Å². The van der Waals surface area contributed by atoms with Crippen molar-refractivity contribution in [3.05, 3.63) is 0 Å². The molecular weight excluding hydrogens is 1220 g/mol. The van der Waals surface area contributed by atoms with E-state index in [4.69, 9.17) is 23.7 Å². The number of hydrogen-bond donors (Lipinski definition) is 3. The van der Waals surface area contributed by atoms with Crippen LogP contribution in [0.1, 0.15) is 163 Å². The summed E-state index contributed by atoms with van der Waals surface area (Å²) in [6.07, 6.45) is 22.6. The second kappa shape index (κ2) is 27.2. The van der Waals surface area contributed by atoms with Crippen LogP contribution in [0, 0.1) is 40.4 Å². The van der Waals surface area contributed by atoms with Crippen LogP contribution in [0.5, 0.6) is 0 Å². The molecule has 7 unspecified atom stereocenters. The molecule has 7 atom stereocenters. The Kier molecular flexibility index (Phi) is 23.8. The van der Waals surface area contributed by atoms with Crippen LogP contribution in [0.25, 0.3) is 0 Å². The van der Waals surface area contributed by atoms with Crippen LogP contribution in [0.2, 0.25) is 0 Å². The number of hydrogen-bond acceptors (Lipinski definition) is 8. The molecule has 65 heavy (non-hydrogen) atoms. The topological polar surface area (TPSA) is 107 Å². The summed E-state index contributed by atoms with van der Waals surface area (Å²) in [5, 5.41) is 32.5. The van der Waals surface area contributed by atoms with Gasteiger partial charge in [0.2, 0.25) is 0 Å². The summed E-state index contributed by atoms with van der Waals surface area (Å²) >= 11 is 22.6. The molecule has 0 aromatic rings. The van der Waals surface area contributed by atoms with E-state index in [2.05, 4.69) is 123 Å². The Hall–Kier alpha value is 2.56. The Labute approximate surface area is 444 Å². The fourth-order valence-corrected chi connectivity index (χ4v) is 21.4. The molecule has 0 aliphatic heterocycles. The van der Waals surface area contributed by atoms with E-state index in [0.29, 0.717) is 81.4 Å². The first-order chi connectivity index (χ1) is 30.9. The first-order valence-corrected chi connectivity index (χ1v) is 31.3. The zero-order valence-corrected chi connectivity index (χ0v) is 49.5. The van der Waals surface area contributed by atoms with Crippen LogP contribution in [0.4, 0.5) is 0 Å². The van der Waals surface area contributed by atoms with Crippen LogP contribution >= 0.6 is 95.6 Å². The molecule has 0 bridgehead atoms. The molecule has 6 saturated carbocycles. The molecule has 14 heteroatoms. The highest BCUT2D eigenvalue weighted by atomic mass is 79.9. The third-order valence-corrected chi connectivity index (χ3v) is 22.6. The smallest absolute Gasteiger partial charge is 0.101 e. The molecule has 8 nitrogen and oxygen atoms in total. The summed E-state index contributed by atoms with van der Waals surface area (Å²) in [6.45, 7) is 11.8. The van der Waals surface area contributed by atoms with Crippen molar-refractivity contribution in [2.75, 3.05) is 33.0 Å². The summed E-state index contributed by atoms with van der Waals surface area (Å²) < 4.78 is 31.2. The van der Waals surface area contributed by atoms with Gasteiger partial charge in [-0.05, 0) is 162 Å². The molecule has 0 amide bonds. The van der Waals surface area contributed by atoms with Crippen LogP contribution in [-0.2, 0) is 23.7 Å². The van der Waals surface area contributed by atoms with Crippen LogP contribution in [0.3, 0.4) is 0 Å². The van der Waals surface area contributed by atoms with E-state index in [1.165, 1.54) is 64.2 Å². The lowest BCUT2D eigenvalue weighted by Gasteiger charge is -2.47. The van der Waals surface area contributed by atoms with E-state index in [-0.39, 0.29) is 45.6 Å². The van der Waals surface area contributed by atoms with Gasteiger partial charge in [0.15, 0.2) is 0 Å². The van der Waals surface area contributed by atoms with Gasteiger partial charge in [0, 0.05) is 29.0 Å². The summed E-state index contributed by atoms with van der Waals surface area (Å²) in [6, 6.07) is 0. The Morgan fingerprint density at radius 3 is 0.954 bits per heavy atom. The maximum absolute atomic E-state index is 10.9. The monoisotopic (exact) mass is 1300 g/mol. The Morgan fingerprint density at radius 1 is 0.385 bits per heavy atom. The molecule has 380 valence electrons. The average molecular weight is 1310 g/mol. The largest absolute Gasteiger partial charge is 0.391 e. The normalized spacial score (nSPS) is 40.6. The quantitative estimate of drug-likeness (QED) is 0.0976. The molecule has 6 fully saturated rings. The zero-order valence-electron chi connectivity index (χ0n) is 40.0. The summed E-state index contributed by atoms with van der Waals surface area (Å²) in [7, 11) is 0. The molecule has 0 saturated heterocycles. The molecule has 0 heterocycles. The minimum atomic E-state index is -0.610. The summed E-state index contributed by atoms with van der Waals surface area (Å²) in [4.78, 5) is 2.11. The number of alkyl halides is 6. The number of aliphatic hydroxyl groups is 3. The van der Waals surface area contributed by atoms with Crippen molar-refractivity contribution in [3.8, 4) is 0 Å². The van der Waals surface area contributed by atoms with Crippen molar-refractivity contribution >= 4 is 95.6 Å². The predicted octanol–water partition coefficient (Wildman–Crippen LogP) is 13.0. The molecule has 0 aromatic heterocycles. The number of aliphatic hydroxyl groups excluding tert-OH is 3. The van der Waals surface area contributed by atoms with Gasteiger partial charge >= 0.3 is 0 Å². The number of ether oxygens (including phenoxy) is 5. The van der Waals surface area contributed by atoms with Gasteiger partial charge in [-0.15, -0.1) is 0 Å². The third kappa shape index (κ3) is 17.0. The Bertz CT molecular complexity index is 1330. The van der Waals surface area contributed by atoms with E-state index in [0.717, 1.165) is 76.5 Å². The van der Waals surface area contributed by atoms with Crippen LogP contribution < -0.4 is 0 Å². The lowest BCUT2D eigenvalue weighted by atomic mass is 9.59. The SMILES string of the molecule is CC(C)(C1CCC(CC(O)COC2C(Br)CC(Br)CC2Br)CC1)C1CCC(OCC(O)COC2CCC(C(C)(C)C3CCC(OCC(O)COC4C(Br)CC(Br)CC4Br)CC3)CC2)CC1. The molecule has 0 aromatic carbocycles. The third-order valence-electron chi connectivity index (χ3n) is 17.6. The minimum Gasteiger partial charge on any atom is -0.391 e. The van der Waals surface area contributed by atoms with E-state index >= 15 is 0 Å². The van der Waals surface area contributed by atoms with Crippen molar-refractivity contribution < 1.29 is 39.0 Å². The first kappa shape index (κ1) is 56.8. The van der Waals surface area contributed by atoms with E-state index < -0.39 is 18.3 Å². The predicted molar refractivity (Wildman–Crippen MR) is 285 cm³/mol. The highest BCUT2D eigenvalue weighted by Gasteiger charge is 2.43. The van der Waals surface area contributed by atoms with Crippen LogP contribution in [0.15, 0.2) is 0 Å². The second-order valence-corrected chi connectivity index (χ2v) is 30.1. The van der Waals surface area contributed by atoms with Crippen LogP contribution in [-0.4, -0.2) is 126 Å². The Morgan fingerprint density at radius 2 is 0.646 bits per heavy atom. The van der Waals surface area contributed by atoms with E-state index in [1.54, 1.807) is 0 Å². The number of halogens is 6. The molecule has 0 radical (unpaired) electrons. The van der Waals surface area contributed by atoms with Gasteiger partial charge in [-0.3, -0.25) is 0 Å². The van der Waals surface area contributed by atoms with Gasteiger partial charge in [0.1, 0.15) is 12.2 Å². The first-order valence-electron chi connectivity index (χ1n) is 25.8. The highest BCUT2D eigenvalue weighted by Crippen LogP contribution is 2.51. The molecular formula is C51H86Br6O8. The molecule has 6 rings (SSSR count). The van der Waals surface area contributed by atoms with Crippen molar-refractivity contribution in [1.82, 2.24) is 0 Å². The van der Waals surface area contributed by atoms with Gasteiger partial charge in [0.05, 0.1) is 69.7 Å². The number of rotatable bonds is 21. The molecule has 3 N–H and O–H groups in total. The fourth-order valence-electron chi connectivity index (χ4n) is 13.0. The van der Waals surface area contributed by atoms with Crippen molar-refractivity contribution in [2.45, 2.75) is 240 Å². The molecule has 6 aliphatic carbocycles. The second-order valence-electron chi connectivity index (χ2n) is 22.8. The Balaban J connectivity index is 0.786.